The van der Waals surface area contributed by atoms with Gasteiger partial charge in [-0.3, -0.25) is 9.59 Å². The Morgan fingerprint density at radius 1 is 0.767 bits per heavy atom. The number of amides is 2. The van der Waals surface area contributed by atoms with E-state index in [1.807, 2.05) is 73.7 Å². The van der Waals surface area contributed by atoms with Gasteiger partial charge >= 0.3 is 0 Å². The Morgan fingerprint density at radius 2 is 1.47 bits per heavy atom. The summed E-state index contributed by atoms with van der Waals surface area (Å²) in [6.07, 6.45) is 0.782. The average molecular weight is 402 g/mol. The van der Waals surface area contributed by atoms with E-state index in [1.54, 1.807) is 12.1 Å². The van der Waals surface area contributed by atoms with Crippen molar-refractivity contribution in [3.05, 3.63) is 101 Å². The van der Waals surface area contributed by atoms with E-state index < -0.39 is 0 Å². The first-order valence-corrected chi connectivity index (χ1v) is 10.1. The van der Waals surface area contributed by atoms with Gasteiger partial charge in [0.1, 0.15) is 0 Å². The second-order valence-corrected chi connectivity index (χ2v) is 7.15. The highest BCUT2D eigenvalue weighted by Gasteiger charge is 2.11. The van der Waals surface area contributed by atoms with Crippen LogP contribution in [-0.2, 0) is 17.8 Å². The molecule has 2 amide bonds. The van der Waals surface area contributed by atoms with Gasteiger partial charge < -0.3 is 16.0 Å². The monoisotopic (exact) mass is 401 g/mol. The summed E-state index contributed by atoms with van der Waals surface area (Å²) in [6, 6.07) is 25.3. The van der Waals surface area contributed by atoms with Crippen molar-refractivity contribution in [2.45, 2.75) is 19.9 Å². The molecule has 0 aliphatic rings. The van der Waals surface area contributed by atoms with Crippen molar-refractivity contribution in [3.8, 4) is 0 Å². The number of anilines is 1. The molecule has 3 aromatic carbocycles. The molecular weight excluding hydrogens is 374 g/mol. The number of carbonyl (C=O) groups excluding carboxylic acids is 2. The van der Waals surface area contributed by atoms with Crippen molar-refractivity contribution in [1.29, 1.82) is 0 Å². The molecule has 5 nitrogen and oxygen atoms in total. The Morgan fingerprint density at radius 3 is 2.23 bits per heavy atom. The highest BCUT2D eigenvalue weighted by Crippen LogP contribution is 2.15. The first kappa shape index (κ1) is 21.1. The molecular formula is C25H27N3O2. The summed E-state index contributed by atoms with van der Waals surface area (Å²) >= 11 is 0. The lowest BCUT2D eigenvalue weighted by molar-refractivity contribution is -0.119. The lowest BCUT2D eigenvalue weighted by Gasteiger charge is -2.12. The minimum atomic E-state index is -0.178. The van der Waals surface area contributed by atoms with E-state index in [0.29, 0.717) is 24.3 Å². The van der Waals surface area contributed by atoms with Crippen LogP contribution < -0.4 is 16.0 Å². The molecule has 0 aromatic heterocycles. The van der Waals surface area contributed by atoms with Crippen LogP contribution in [0.4, 0.5) is 5.69 Å². The minimum absolute atomic E-state index is 0.108. The molecule has 0 bridgehead atoms. The second-order valence-electron chi connectivity index (χ2n) is 7.15. The summed E-state index contributed by atoms with van der Waals surface area (Å²) in [5, 5.41) is 8.91. The first-order chi connectivity index (χ1) is 14.6. The maximum atomic E-state index is 12.6. The third-order valence-electron chi connectivity index (χ3n) is 4.76. The van der Waals surface area contributed by atoms with E-state index in [1.165, 1.54) is 11.1 Å². The molecule has 0 heterocycles. The Labute approximate surface area is 177 Å². The number of rotatable bonds is 9. The van der Waals surface area contributed by atoms with E-state index in [-0.39, 0.29) is 18.4 Å². The van der Waals surface area contributed by atoms with E-state index in [2.05, 4.69) is 16.0 Å². The molecule has 0 aliphatic heterocycles. The van der Waals surface area contributed by atoms with Gasteiger partial charge in [0.25, 0.3) is 5.91 Å². The fourth-order valence-corrected chi connectivity index (χ4v) is 3.05. The summed E-state index contributed by atoms with van der Waals surface area (Å²) in [5.74, 6) is -0.288. The molecule has 0 radical (unpaired) electrons. The van der Waals surface area contributed by atoms with Crippen LogP contribution in [0.5, 0.6) is 0 Å². The summed E-state index contributed by atoms with van der Waals surface area (Å²) in [4.78, 5) is 24.8. The van der Waals surface area contributed by atoms with Gasteiger partial charge in [0, 0.05) is 18.8 Å². The highest BCUT2D eigenvalue weighted by molar-refractivity contribution is 6.00. The van der Waals surface area contributed by atoms with E-state index in [9.17, 15) is 9.59 Å². The Hall–Kier alpha value is -3.60. The molecule has 0 saturated heterocycles. The van der Waals surface area contributed by atoms with Gasteiger partial charge in [-0.05, 0) is 36.6 Å². The summed E-state index contributed by atoms with van der Waals surface area (Å²) < 4.78 is 0. The molecule has 3 aromatic rings. The minimum Gasteiger partial charge on any atom is -0.376 e. The number of hydrogen-bond donors (Lipinski definition) is 3. The van der Waals surface area contributed by atoms with Crippen LogP contribution >= 0.6 is 0 Å². The number of hydrogen-bond acceptors (Lipinski definition) is 3. The summed E-state index contributed by atoms with van der Waals surface area (Å²) in [7, 11) is 0. The third-order valence-corrected chi connectivity index (χ3v) is 4.76. The molecule has 0 atom stereocenters. The van der Waals surface area contributed by atoms with Crippen molar-refractivity contribution < 1.29 is 9.59 Å². The first-order valence-electron chi connectivity index (χ1n) is 10.1. The number of aryl methyl sites for hydroxylation is 1. The predicted octanol–water partition coefficient (Wildman–Crippen LogP) is 3.70. The largest absolute Gasteiger partial charge is 0.376 e. The smallest absolute Gasteiger partial charge is 0.253 e. The van der Waals surface area contributed by atoms with Crippen molar-refractivity contribution in [1.82, 2.24) is 10.6 Å². The normalized spacial score (nSPS) is 10.3. The van der Waals surface area contributed by atoms with Crippen molar-refractivity contribution in [2.75, 3.05) is 18.4 Å². The Balaban J connectivity index is 1.48. The molecule has 0 saturated carbocycles. The molecule has 154 valence electrons. The molecule has 3 N–H and O–H groups in total. The van der Waals surface area contributed by atoms with E-state index >= 15 is 0 Å². The summed E-state index contributed by atoms with van der Waals surface area (Å²) in [5.41, 5.74) is 4.55. The number of nitrogens with one attached hydrogen (secondary N) is 3. The SMILES string of the molecule is Cc1ccc(CNC(=O)c2ccccc2NCC(=O)NCCc2ccccc2)cc1. The molecule has 3 rings (SSSR count). The van der Waals surface area contributed by atoms with Gasteiger partial charge in [0.15, 0.2) is 0 Å². The van der Waals surface area contributed by atoms with Crippen LogP contribution in [0.2, 0.25) is 0 Å². The zero-order valence-electron chi connectivity index (χ0n) is 17.2. The molecule has 5 heteroatoms. The second kappa shape index (κ2) is 10.8. The lowest BCUT2D eigenvalue weighted by Crippen LogP contribution is -2.32. The highest BCUT2D eigenvalue weighted by atomic mass is 16.2. The average Bonchev–Trinajstić information content (AvgIpc) is 2.78. The number of carbonyl (C=O) groups is 2. The van der Waals surface area contributed by atoms with Crippen LogP contribution in [0.25, 0.3) is 0 Å². The van der Waals surface area contributed by atoms with Gasteiger partial charge in [0.05, 0.1) is 12.1 Å². The summed E-state index contributed by atoms with van der Waals surface area (Å²) in [6.45, 7) is 3.16. The fourth-order valence-electron chi connectivity index (χ4n) is 3.05. The molecule has 0 unspecified atom stereocenters. The van der Waals surface area contributed by atoms with Crippen molar-refractivity contribution in [2.24, 2.45) is 0 Å². The molecule has 0 fully saturated rings. The van der Waals surface area contributed by atoms with Crippen molar-refractivity contribution in [3.63, 3.8) is 0 Å². The Kier molecular flexibility index (Phi) is 7.61. The maximum Gasteiger partial charge on any atom is 0.253 e. The lowest BCUT2D eigenvalue weighted by atomic mass is 10.1. The van der Waals surface area contributed by atoms with Crippen LogP contribution in [0, 0.1) is 6.92 Å². The van der Waals surface area contributed by atoms with Gasteiger partial charge in [-0.25, -0.2) is 0 Å². The van der Waals surface area contributed by atoms with Crippen LogP contribution in [0.3, 0.4) is 0 Å². The van der Waals surface area contributed by atoms with Gasteiger partial charge in [-0.15, -0.1) is 0 Å². The van der Waals surface area contributed by atoms with Crippen LogP contribution in [-0.4, -0.2) is 24.9 Å². The zero-order valence-corrected chi connectivity index (χ0v) is 17.2. The molecule has 0 spiro atoms. The van der Waals surface area contributed by atoms with E-state index in [4.69, 9.17) is 0 Å². The van der Waals surface area contributed by atoms with Crippen molar-refractivity contribution >= 4 is 17.5 Å². The van der Waals surface area contributed by atoms with Gasteiger partial charge in [0.2, 0.25) is 5.91 Å². The third kappa shape index (κ3) is 6.48. The van der Waals surface area contributed by atoms with Gasteiger partial charge in [-0.2, -0.15) is 0 Å². The fraction of sp³-hybridized carbons (Fsp3) is 0.200. The topological polar surface area (TPSA) is 70.2 Å². The van der Waals surface area contributed by atoms with Crippen LogP contribution in [0.1, 0.15) is 27.0 Å². The molecule has 0 aliphatic carbocycles. The standard InChI is InChI=1S/C25H27N3O2/c1-19-11-13-21(14-12-19)17-28-25(30)22-9-5-6-10-23(22)27-18-24(29)26-16-15-20-7-3-2-4-8-20/h2-14,27H,15-18H2,1H3,(H,26,29)(H,28,30). The maximum absolute atomic E-state index is 12.6. The predicted molar refractivity (Wildman–Crippen MR) is 120 cm³/mol. The van der Waals surface area contributed by atoms with Gasteiger partial charge in [-0.1, -0.05) is 72.3 Å². The quantitative estimate of drug-likeness (QED) is 0.512. The zero-order chi connectivity index (χ0) is 21.2. The Bertz CT molecular complexity index is 969. The number of benzene rings is 3. The molecule has 30 heavy (non-hydrogen) atoms. The van der Waals surface area contributed by atoms with E-state index in [0.717, 1.165) is 12.0 Å². The number of para-hydroxylation sites is 1. The van der Waals surface area contributed by atoms with Crippen LogP contribution in [0.15, 0.2) is 78.9 Å².